The number of imidazole rings is 1. The molecule has 0 amide bonds. The van der Waals surface area contributed by atoms with E-state index in [2.05, 4.69) is 45.0 Å². The number of hydrogen-bond donors (Lipinski definition) is 1. The number of amidine groups is 1. The van der Waals surface area contributed by atoms with Crippen LogP contribution in [0.15, 0.2) is 46.1 Å². The summed E-state index contributed by atoms with van der Waals surface area (Å²) in [4.78, 5) is 8.84. The Kier molecular flexibility index (Phi) is 2.52. The maximum Gasteiger partial charge on any atom is 0.175 e. The van der Waals surface area contributed by atoms with Gasteiger partial charge in [-0.3, -0.25) is 4.99 Å². The number of nitrogens with zero attached hydrogens (tertiary/aromatic N) is 3. The topological polar surface area (TPSA) is 56.2 Å². The van der Waals surface area contributed by atoms with Gasteiger partial charge in [-0.05, 0) is 24.6 Å². The summed E-state index contributed by atoms with van der Waals surface area (Å²) in [6.07, 6.45) is 3.69. The van der Waals surface area contributed by atoms with Gasteiger partial charge in [-0.1, -0.05) is 28.1 Å². The number of halogens is 1. The molecule has 0 saturated carbocycles. The SMILES string of the molecule is C[C@@]1(c2cccc(Br)c2)Cn2ccnc2C(N)=N1. The fourth-order valence-corrected chi connectivity index (χ4v) is 2.73. The summed E-state index contributed by atoms with van der Waals surface area (Å²) >= 11 is 3.49. The molecule has 92 valence electrons. The molecule has 0 spiro atoms. The van der Waals surface area contributed by atoms with Gasteiger partial charge in [-0.2, -0.15) is 0 Å². The van der Waals surface area contributed by atoms with E-state index in [0.717, 1.165) is 22.4 Å². The standard InChI is InChI=1S/C13H13BrN4/c1-13(9-3-2-4-10(14)7-9)8-18-6-5-16-12(18)11(15)17-13/h2-7H,8H2,1H3,(H2,15,17)/t13-/m0/s1. The number of benzene rings is 1. The molecular weight excluding hydrogens is 292 g/mol. The first kappa shape index (κ1) is 11.5. The Morgan fingerprint density at radius 1 is 1.44 bits per heavy atom. The molecule has 4 nitrogen and oxygen atoms in total. The van der Waals surface area contributed by atoms with Crippen molar-refractivity contribution in [3.05, 3.63) is 52.5 Å². The third kappa shape index (κ3) is 1.75. The number of nitrogens with two attached hydrogens (primary N) is 1. The van der Waals surface area contributed by atoms with Crippen molar-refractivity contribution in [3.63, 3.8) is 0 Å². The van der Waals surface area contributed by atoms with Gasteiger partial charge in [0, 0.05) is 16.9 Å². The summed E-state index contributed by atoms with van der Waals surface area (Å²) in [5.74, 6) is 1.25. The molecule has 1 atom stereocenters. The highest BCUT2D eigenvalue weighted by Crippen LogP contribution is 2.32. The van der Waals surface area contributed by atoms with Gasteiger partial charge in [-0.15, -0.1) is 0 Å². The molecule has 1 aliphatic rings. The maximum absolute atomic E-state index is 6.00. The molecule has 0 saturated heterocycles. The van der Waals surface area contributed by atoms with Crippen LogP contribution in [0.2, 0.25) is 0 Å². The van der Waals surface area contributed by atoms with Crippen molar-refractivity contribution in [2.24, 2.45) is 10.7 Å². The van der Waals surface area contributed by atoms with E-state index in [1.165, 1.54) is 0 Å². The second-order valence-electron chi connectivity index (χ2n) is 4.66. The van der Waals surface area contributed by atoms with Gasteiger partial charge in [0.2, 0.25) is 0 Å². The van der Waals surface area contributed by atoms with Gasteiger partial charge in [-0.25, -0.2) is 4.98 Å². The third-order valence-corrected chi connectivity index (χ3v) is 3.73. The van der Waals surface area contributed by atoms with Crippen molar-refractivity contribution in [1.82, 2.24) is 9.55 Å². The van der Waals surface area contributed by atoms with E-state index < -0.39 is 0 Å². The Morgan fingerprint density at radius 3 is 3.06 bits per heavy atom. The normalized spacial score (nSPS) is 22.4. The predicted molar refractivity (Wildman–Crippen MR) is 74.4 cm³/mol. The minimum absolute atomic E-state index is 0.346. The second kappa shape index (κ2) is 3.95. The molecule has 3 rings (SSSR count). The Hall–Kier alpha value is -1.62. The van der Waals surface area contributed by atoms with Crippen LogP contribution in [0.1, 0.15) is 18.3 Å². The molecule has 1 aliphatic heterocycles. The van der Waals surface area contributed by atoms with Crippen LogP contribution in [-0.2, 0) is 12.1 Å². The van der Waals surface area contributed by atoms with Gasteiger partial charge in [0.1, 0.15) is 5.54 Å². The first-order valence-corrected chi connectivity index (χ1v) is 6.51. The van der Waals surface area contributed by atoms with Crippen LogP contribution < -0.4 is 5.73 Å². The fraction of sp³-hybridized carbons (Fsp3) is 0.231. The Morgan fingerprint density at radius 2 is 2.28 bits per heavy atom. The Bertz CT molecular complexity index is 631. The minimum Gasteiger partial charge on any atom is -0.381 e. The first-order valence-electron chi connectivity index (χ1n) is 5.71. The van der Waals surface area contributed by atoms with Crippen molar-refractivity contribution < 1.29 is 0 Å². The summed E-state index contributed by atoms with van der Waals surface area (Å²) in [5, 5.41) is 0. The van der Waals surface area contributed by atoms with Crippen LogP contribution in [0.5, 0.6) is 0 Å². The largest absolute Gasteiger partial charge is 0.381 e. The van der Waals surface area contributed by atoms with Crippen molar-refractivity contribution in [2.45, 2.75) is 19.0 Å². The summed E-state index contributed by atoms with van der Waals surface area (Å²) in [6.45, 7) is 2.84. The summed E-state index contributed by atoms with van der Waals surface area (Å²) in [5.41, 5.74) is 6.79. The number of hydrogen-bond acceptors (Lipinski definition) is 3. The predicted octanol–water partition coefficient (Wildman–Crippen LogP) is 2.28. The average Bonchev–Trinajstić information content (AvgIpc) is 2.77. The first-order chi connectivity index (χ1) is 8.58. The molecule has 0 bridgehead atoms. The van der Waals surface area contributed by atoms with Crippen LogP contribution in [0.4, 0.5) is 0 Å². The van der Waals surface area contributed by atoms with Gasteiger partial charge in [0.05, 0.1) is 6.54 Å². The molecule has 0 fully saturated rings. The van der Waals surface area contributed by atoms with Crippen molar-refractivity contribution in [3.8, 4) is 0 Å². The molecule has 1 aromatic heterocycles. The molecule has 2 aromatic rings. The highest BCUT2D eigenvalue weighted by atomic mass is 79.9. The highest BCUT2D eigenvalue weighted by molar-refractivity contribution is 9.10. The zero-order valence-electron chi connectivity index (χ0n) is 9.97. The van der Waals surface area contributed by atoms with Gasteiger partial charge in [0.25, 0.3) is 0 Å². The van der Waals surface area contributed by atoms with E-state index in [1.54, 1.807) is 6.20 Å². The smallest absolute Gasteiger partial charge is 0.175 e. The van der Waals surface area contributed by atoms with Crippen LogP contribution in [-0.4, -0.2) is 15.4 Å². The molecule has 5 heteroatoms. The lowest BCUT2D eigenvalue weighted by molar-refractivity contribution is 0.400. The highest BCUT2D eigenvalue weighted by Gasteiger charge is 2.32. The second-order valence-corrected chi connectivity index (χ2v) is 5.58. The summed E-state index contributed by atoms with van der Waals surface area (Å²) < 4.78 is 3.09. The third-order valence-electron chi connectivity index (χ3n) is 3.24. The van der Waals surface area contributed by atoms with Gasteiger partial charge < -0.3 is 10.3 Å². The van der Waals surface area contributed by atoms with E-state index in [0.29, 0.717) is 5.84 Å². The van der Waals surface area contributed by atoms with E-state index in [4.69, 9.17) is 5.73 Å². The van der Waals surface area contributed by atoms with E-state index in [-0.39, 0.29) is 5.54 Å². The van der Waals surface area contributed by atoms with Crippen molar-refractivity contribution in [1.29, 1.82) is 0 Å². The van der Waals surface area contributed by atoms with Crippen molar-refractivity contribution >= 4 is 21.8 Å². The molecule has 0 radical (unpaired) electrons. The zero-order valence-corrected chi connectivity index (χ0v) is 11.6. The monoisotopic (exact) mass is 304 g/mol. The summed E-state index contributed by atoms with van der Waals surface area (Å²) in [6, 6.07) is 8.17. The van der Waals surface area contributed by atoms with Crippen LogP contribution in [0, 0.1) is 0 Å². The fourth-order valence-electron chi connectivity index (χ4n) is 2.33. The number of rotatable bonds is 1. The molecule has 2 N–H and O–H groups in total. The lowest BCUT2D eigenvalue weighted by Crippen LogP contribution is -2.37. The average molecular weight is 305 g/mol. The Labute approximate surface area is 114 Å². The molecule has 1 aromatic carbocycles. The Balaban J connectivity index is 2.10. The van der Waals surface area contributed by atoms with Gasteiger partial charge in [0.15, 0.2) is 11.7 Å². The maximum atomic E-state index is 6.00. The number of fused-ring (bicyclic) bond motifs is 1. The minimum atomic E-state index is -0.346. The quantitative estimate of drug-likeness (QED) is 0.879. The number of aromatic nitrogens is 2. The van der Waals surface area contributed by atoms with Crippen molar-refractivity contribution in [2.75, 3.05) is 0 Å². The molecule has 0 aliphatic carbocycles. The van der Waals surface area contributed by atoms with E-state index >= 15 is 0 Å². The lowest BCUT2D eigenvalue weighted by atomic mass is 9.91. The zero-order chi connectivity index (χ0) is 12.8. The van der Waals surface area contributed by atoms with Crippen LogP contribution in [0.25, 0.3) is 0 Å². The van der Waals surface area contributed by atoms with E-state index in [9.17, 15) is 0 Å². The lowest BCUT2D eigenvalue weighted by Gasteiger charge is -2.31. The number of aliphatic imine (C=N–C) groups is 1. The molecule has 2 heterocycles. The summed E-state index contributed by atoms with van der Waals surface area (Å²) in [7, 11) is 0. The van der Waals surface area contributed by atoms with Crippen LogP contribution in [0.3, 0.4) is 0 Å². The van der Waals surface area contributed by atoms with Crippen LogP contribution >= 0.6 is 15.9 Å². The van der Waals surface area contributed by atoms with Gasteiger partial charge >= 0.3 is 0 Å². The molecule has 0 unspecified atom stereocenters. The van der Waals surface area contributed by atoms with E-state index in [1.807, 2.05) is 22.9 Å². The molecule has 18 heavy (non-hydrogen) atoms. The molecular formula is C13H13BrN4.